The van der Waals surface area contributed by atoms with Crippen molar-refractivity contribution >= 4 is 41.1 Å². The van der Waals surface area contributed by atoms with Crippen molar-refractivity contribution in [3.8, 4) is 11.5 Å². The standard InChI is InChI=1S/C18H14Cl2N2O4/c19-12-3-4-14(20)13(10-12)18(24)22-21-17(23)6-2-11-1-5-15-16(9-11)26-8-7-25-15/h1-6,9-10H,7-8H2,(H,21,23)(H,22,24)/b6-2+. The van der Waals surface area contributed by atoms with Crippen LogP contribution in [-0.4, -0.2) is 25.0 Å². The Labute approximate surface area is 159 Å². The van der Waals surface area contributed by atoms with Crippen LogP contribution in [0.3, 0.4) is 0 Å². The molecule has 0 aromatic heterocycles. The molecule has 0 saturated heterocycles. The van der Waals surface area contributed by atoms with E-state index in [1.165, 1.54) is 18.2 Å². The summed E-state index contributed by atoms with van der Waals surface area (Å²) in [5, 5.41) is 0.595. The molecule has 0 radical (unpaired) electrons. The summed E-state index contributed by atoms with van der Waals surface area (Å²) in [6.45, 7) is 1.000. The monoisotopic (exact) mass is 392 g/mol. The van der Waals surface area contributed by atoms with Gasteiger partial charge < -0.3 is 9.47 Å². The van der Waals surface area contributed by atoms with Gasteiger partial charge in [-0.15, -0.1) is 0 Å². The summed E-state index contributed by atoms with van der Waals surface area (Å²) in [4.78, 5) is 23.9. The fraction of sp³-hybridized carbons (Fsp3) is 0.111. The first kappa shape index (κ1) is 18.1. The summed E-state index contributed by atoms with van der Waals surface area (Å²) in [6, 6.07) is 9.81. The lowest BCUT2D eigenvalue weighted by Crippen LogP contribution is -2.40. The Morgan fingerprint density at radius 2 is 1.73 bits per heavy atom. The average Bonchev–Trinajstić information content (AvgIpc) is 2.66. The molecule has 1 aliphatic heterocycles. The van der Waals surface area contributed by atoms with Crippen LogP contribution in [0.4, 0.5) is 0 Å². The molecule has 6 nitrogen and oxygen atoms in total. The van der Waals surface area contributed by atoms with Gasteiger partial charge in [0.1, 0.15) is 13.2 Å². The van der Waals surface area contributed by atoms with Crippen molar-refractivity contribution in [2.24, 2.45) is 0 Å². The molecule has 2 aromatic rings. The van der Waals surface area contributed by atoms with Gasteiger partial charge in [-0.2, -0.15) is 0 Å². The highest BCUT2D eigenvalue weighted by molar-refractivity contribution is 6.35. The van der Waals surface area contributed by atoms with E-state index in [0.29, 0.717) is 29.7 Å². The number of carbonyl (C=O) groups is 2. The number of benzene rings is 2. The van der Waals surface area contributed by atoms with Crippen molar-refractivity contribution in [3.63, 3.8) is 0 Å². The maximum Gasteiger partial charge on any atom is 0.271 e. The summed E-state index contributed by atoms with van der Waals surface area (Å²) < 4.78 is 10.9. The number of hydrogen-bond acceptors (Lipinski definition) is 4. The Morgan fingerprint density at radius 3 is 2.54 bits per heavy atom. The third kappa shape index (κ3) is 4.47. The van der Waals surface area contributed by atoms with E-state index in [1.54, 1.807) is 30.3 Å². The van der Waals surface area contributed by atoms with Crippen molar-refractivity contribution < 1.29 is 19.1 Å². The minimum Gasteiger partial charge on any atom is -0.486 e. The average molecular weight is 393 g/mol. The molecular formula is C18H14Cl2N2O4. The van der Waals surface area contributed by atoms with Gasteiger partial charge in [0.05, 0.1) is 10.6 Å². The molecule has 3 rings (SSSR count). The number of ether oxygens (including phenoxy) is 2. The Bertz CT molecular complexity index is 883. The van der Waals surface area contributed by atoms with Crippen LogP contribution in [-0.2, 0) is 4.79 Å². The van der Waals surface area contributed by atoms with Crippen LogP contribution in [0.1, 0.15) is 15.9 Å². The van der Waals surface area contributed by atoms with Crippen LogP contribution in [0.15, 0.2) is 42.5 Å². The van der Waals surface area contributed by atoms with Crippen LogP contribution in [0.5, 0.6) is 11.5 Å². The van der Waals surface area contributed by atoms with Gasteiger partial charge in [0, 0.05) is 11.1 Å². The SMILES string of the molecule is O=C(/C=C/c1ccc2c(c1)OCCO2)NNC(=O)c1cc(Cl)ccc1Cl. The lowest BCUT2D eigenvalue weighted by molar-refractivity contribution is -0.117. The second-order valence-electron chi connectivity index (χ2n) is 5.30. The number of halogens is 2. The maximum absolute atomic E-state index is 12.0. The largest absolute Gasteiger partial charge is 0.486 e. The first-order valence-electron chi connectivity index (χ1n) is 7.66. The Hall–Kier alpha value is -2.70. The summed E-state index contributed by atoms with van der Waals surface area (Å²) in [5.74, 6) is 0.219. The normalized spacial score (nSPS) is 12.7. The van der Waals surface area contributed by atoms with E-state index in [-0.39, 0.29) is 10.6 Å². The molecule has 0 saturated carbocycles. The summed E-state index contributed by atoms with van der Waals surface area (Å²) in [5.41, 5.74) is 5.47. The molecule has 0 aliphatic carbocycles. The van der Waals surface area contributed by atoms with Crippen molar-refractivity contribution in [3.05, 3.63) is 63.6 Å². The predicted octanol–water partition coefficient (Wildman–Crippen LogP) is 3.24. The lowest BCUT2D eigenvalue weighted by Gasteiger charge is -2.18. The van der Waals surface area contributed by atoms with Gasteiger partial charge in [-0.05, 0) is 42.0 Å². The van der Waals surface area contributed by atoms with E-state index in [4.69, 9.17) is 32.7 Å². The predicted molar refractivity (Wildman–Crippen MR) is 98.5 cm³/mol. The summed E-state index contributed by atoms with van der Waals surface area (Å²) in [6.07, 6.45) is 2.87. The lowest BCUT2D eigenvalue weighted by atomic mass is 10.2. The fourth-order valence-corrected chi connectivity index (χ4v) is 2.61. The fourth-order valence-electron chi connectivity index (χ4n) is 2.23. The van der Waals surface area contributed by atoms with E-state index in [0.717, 1.165) is 5.56 Å². The van der Waals surface area contributed by atoms with Crippen molar-refractivity contribution in [1.82, 2.24) is 10.9 Å². The second-order valence-corrected chi connectivity index (χ2v) is 6.15. The van der Waals surface area contributed by atoms with Crippen LogP contribution in [0.2, 0.25) is 10.0 Å². The number of fused-ring (bicyclic) bond motifs is 1. The number of hydrazine groups is 1. The minimum atomic E-state index is -0.571. The maximum atomic E-state index is 12.0. The Morgan fingerprint density at radius 1 is 0.962 bits per heavy atom. The third-order valence-corrected chi connectivity index (χ3v) is 4.03. The molecule has 8 heteroatoms. The van der Waals surface area contributed by atoms with Crippen molar-refractivity contribution in [1.29, 1.82) is 0 Å². The van der Waals surface area contributed by atoms with Gasteiger partial charge in [-0.3, -0.25) is 20.4 Å². The van der Waals surface area contributed by atoms with Crippen molar-refractivity contribution in [2.45, 2.75) is 0 Å². The van der Waals surface area contributed by atoms with Gasteiger partial charge in [0.25, 0.3) is 11.8 Å². The van der Waals surface area contributed by atoms with Crippen LogP contribution in [0.25, 0.3) is 6.08 Å². The summed E-state index contributed by atoms with van der Waals surface area (Å²) in [7, 11) is 0. The molecule has 2 aromatic carbocycles. The number of amides is 2. The van der Waals surface area contributed by atoms with Gasteiger partial charge in [-0.1, -0.05) is 29.3 Å². The zero-order valence-electron chi connectivity index (χ0n) is 13.4. The third-order valence-electron chi connectivity index (χ3n) is 3.47. The van der Waals surface area contributed by atoms with Crippen molar-refractivity contribution in [2.75, 3.05) is 13.2 Å². The Kier molecular flexibility index (Phi) is 5.65. The molecule has 26 heavy (non-hydrogen) atoms. The first-order chi connectivity index (χ1) is 12.5. The summed E-state index contributed by atoms with van der Waals surface area (Å²) >= 11 is 11.8. The van der Waals surface area contributed by atoms with Gasteiger partial charge in [0.2, 0.25) is 0 Å². The van der Waals surface area contributed by atoms with Gasteiger partial charge in [0.15, 0.2) is 11.5 Å². The van der Waals surface area contributed by atoms with E-state index < -0.39 is 11.8 Å². The van der Waals surface area contributed by atoms with Crippen LogP contribution in [0, 0.1) is 0 Å². The van der Waals surface area contributed by atoms with Crippen LogP contribution >= 0.6 is 23.2 Å². The quantitative estimate of drug-likeness (QED) is 0.620. The number of hydrogen-bond donors (Lipinski definition) is 2. The molecule has 0 atom stereocenters. The molecule has 1 heterocycles. The minimum absolute atomic E-state index is 0.162. The topological polar surface area (TPSA) is 76.7 Å². The van der Waals surface area contributed by atoms with E-state index >= 15 is 0 Å². The molecule has 0 spiro atoms. The highest BCUT2D eigenvalue weighted by Gasteiger charge is 2.12. The zero-order valence-corrected chi connectivity index (χ0v) is 14.9. The van der Waals surface area contributed by atoms with E-state index in [2.05, 4.69) is 10.9 Å². The molecule has 2 amide bonds. The molecule has 0 bridgehead atoms. The van der Waals surface area contributed by atoms with Gasteiger partial charge in [-0.25, -0.2) is 0 Å². The number of rotatable bonds is 3. The van der Waals surface area contributed by atoms with Crippen LogP contribution < -0.4 is 20.3 Å². The second kappa shape index (κ2) is 8.12. The number of nitrogens with one attached hydrogen (secondary N) is 2. The molecule has 0 fully saturated rings. The molecule has 2 N–H and O–H groups in total. The van der Waals surface area contributed by atoms with E-state index in [9.17, 15) is 9.59 Å². The zero-order chi connectivity index (χ0) is 18.5. The highest BCUT2D eigenvalue weighted by atomic mass is 35.5. The molecule has 0 unspecified atom stereocenters. The molecule has 1 aliphatic rings. The van der Waals surface area contributed by atoms with E-state index in [1.807, 2.05) is 0 Å². The Balaban J connectivity index is 1.58. The smallest absolute Gasteiger partial charge is 0.271 e. The number of carbonyl (C=O) groups excluding carboxylic acids is 2. The first-order valence-corrected chi connectivity index (χ1v) is 8.41. The van der Waals surface area contributed by atoms with Gasteiger partial charge >= 0.3 is 0 Å². The molecule has 134 valence electrons. The highest BCUT2D eigenvalue weighted by Crippen LogP contribution is 2.31. The molecular weight excluding hydrogens is 379 g/mol.